The molecule has 25 heavy (non-hydrogen) atoms. The molecule has 1 aliphatic rings. The molecule has 0 spiro atoms. The van der Waals surface area contributed by atoms with Crippen molar-refractivity contribution >= 4 is 23.5 Å². The van der Waals surface area contributed by atoms with Gasteiger partial charge in [-0.3, -0.25) is 0 Å². The number of hydrogen-bond acceptors (Lipinski definition) is 2. The van der Waals surface area contributed by atoms with Gasteiger partial charge >= 0.3 is 12.2 Å². The molecule has 0 aliphatic carbocycles. The molecule has 0 radical (unpaired) electrons. The second-order valence-electron chi connectivity index (χ2n) is 5.45. The van der Waals surface area contributed by atoms with E-state index in [-0.39, 0.29) is 5.69 Å². The van der Waals surface area contributed by atoms with Crippen molar-refractivity contribution in [3.63, 3.8) is 0 Å². The summed E-state index contributed by atoms with van der Waals surface area (Å²) in [6.45, 7) is 0.367. The summed E-state index contributed by atoms with van der Waals surface area (Å²) in [5.41, 5.74) is -0.333. The third-order valence-corrected chi connectivity index (χ3v) is 5.03. The molecule has 132 valence electrons. The smallest absolute Gasteiger partial charge is 0.308 e. The lowest BCUT2D eigenvalue weighted by molar-refractivity contribution is -0.137. The number of carbonyl (C=O) groups is 1. The van der Waals surface area contributed by atoms with E-state index in [0.29, 0.717) is 17.9 Å². The molecule has 3 rings (SSSR count). The summed E-state index contributed by atoms with van der Waals surface area (Å²) >= 11 is 1.37. The van der Waals surface area contributed by atoms with Crippen molar-refractivity contribution in [3.05, 3.63) is 65.5 Å². The SMILES string of the molecule is O=C(Nc1ccccc1F)N1CCSC1c1cccc(C(F)(F)F)c1. The number of nitrogens with zero attached hydrogens (tertiary/aromatic N) is 1. The summed E-state index contributed by atoms with van der Waals surface area (Å²) in [5.74, 6) is 0.0179. The van der Waals surface area contributed by atoms with Crippen LogP contribution in [0.2, 0.25) is 0 Å². The summed E-state index contributed by atoms with van der Waals surface area (Å²) in [5, 5.41) is 1.93. The van der Waals surface area contributed by atoms with Crippen molar-refractivity contribution in [2.24, 2.45) is 0 Å². The number of alkyl halides is 3. The highest BCUT2D eigenvalue weighted by Gasteiger charge is 2.34. The second kappa shape index (κ2) is 6.95. The minimum absolute atomic E-state index is 0.0344. The summed E-state index contributed by atoms with van der Waals surface area (Å²) in [6.07, 6.45) is -4.44. The largest absolute Gasteiger partial charge is 0.416 e. The highest BCUT2D eigenvalue weighted by molar-refractivity contribution is 7.99. The van der Waals surface area contributed by atoms with Gasteiger partial charge in [-0.05, 0) is 29.8 Å². The Hall–Kier alpha value is -2.22. The molecule has 1 atom stereocenters. The van der Waals surface area contributed by atoms with Crippen molar-refractivity contribution in [2.75, 3.05) is 17.6 Å². The van der Waals surface area contributed by atoms with E-state index in [1.807, 2.05) is 0 Å². The first kappa shape index (κ1) is 17.6. The topological polar surface area (TPSA) is 32.3 Å². The molecule has 1 fully saturated rings. The van der Waals surface area contributed by atoms with Crippen molar-refractivity contribution in [3.8, 4) is 0 Å². The lowest BCUT2D eigenvalue weighted by Gasteiger charge is -2.25. The predicted octanol–water partition coefficient (Wildman–Crippen LogP) is 5.12. The van der Waals surface area contributed by atoms with E-state index in [0.717, 1.165) is 12.1 Å². The predicted molar refractivity (Wildman–Crippen MR) is 88.8 cm³/mol. The van der Waals surface area contributed by atoms with Gasteiger partial charge in [0, 0.05) is 12.3 Å². The number of nitrogens with one attached hydrogen (secondary N) is 1. The summed E-state index contributed by atoms with van der Waals surface area (Å²) in [6, 6.07) is 10.1. The molecule has 0 aromatic heterocycles. The van der Waals surface area contributed by atoms with Crippen LogP contribution in [-0.2, 0) is 6.18 Å². The van der Waals surface area contributed by atoms with Crippen LogP contribution in [0.25, 0.3) is 0 Å². The van der Waals surface area contributed by atoms with Crippen LogP contribution in [-0.4, -0.2) is 23.2 Å². The van der Waals surface area contributed by atoms with E-state index in [9.17, 15) is 22.4 Å². The van der Waals surface area contributed by atoms with Gasteiger partial charge < -0.3 is 10.2 Å². The van der Waals surface area contributed by atoms with E-state index in [2.05, 4.69) is 5.32 Å². The minimum Gasteiger partial charge on any atom is -0.308 e. The second-order valence-corrected chi connectivity index (χ2v) is 6.64. The first-order valence-corrected chi connectivity index (χ1v) is 8.52. The van der Waals surface area contributed by atoms with Crippen LogP contribution in [0.1, 0.15) is 16.5 Å². The maximum atomic E-state index is 13.7. The van der Waals surface area contributed by atoms with Crippen LogP contribution in [0.5, 0.6) is 0 Å². The fourth-order valence-corrected chi connectivity index (χ4v) is 3.82. The number of thioether (sulfide) groups is 1. The zero-order valence-electron chi connectivity index (χ0n) is 12.9. The van der Waals surface area contributed by atoms with Gasteiger partial charge in [0.25, 0.3) is 0 Å². The molecular weight excluding hydrogens is 356 g/mol. The Morgan fingerprint density at radius 1 is 1.16 bits per heavy atom. The molecule has 0 saturated carbocycles. The number of anilines is 1. The van der Waals surface area contributed by atoms with Gasteiger partial charge in [-0.2, -0.15) is 13.2 Å². The summed E-state index contributed by atoms with van der Waals surface area (Å²) in [7, 11) is 0. The third kappa shape index (κ3) is 3.89. The molecule has 1 N–H and O–H groups in total. The van der Waals surface area contributed by atoms with E-state index in [4.69, 9.17) is 0 Å². The van der Waals surface area contributed by atoms with E-state index in [1.165, 1.54) is 40.9 Å². The maximum absolute atomic E-state index is 13.7. The standard InChI is InChI=1S/C17H14F4N2OS/c18-13-6-1-2-7-14(13)22-16(24)23-8-9-25-15(23)11-4-3-5-12(10-11)17(19,20)21/h1-7,10,15H,8-9H2,(H,22,24). The molecule has 2 amide bonds. The number of halogens is 4. The first-order valence-electron chi connectivity index (χ1n) is 7.47. The van der Waals surface area contributed by atoms with E-state index < -0.39 is 29.0 Å². The molecule has 8 heteroatoms. The Morgan fingerprint density at radius 2 is 1.92 bits per heavy atom. The first-order chi connectivity index (χ1) is 11.9. The monoisotopic (exact) mass is 370 g/mol. The lowest BCUT2D eigenvalue weighted by atomic mass is 10.1. The number of carbonyl (C=O) groups excluding carboxylic acids is 1. The molecular formula is C17H14F4N2OS. The molecule has 1 heterocycles. The molecule has 3 nitrogen and oxygen atoms in total. The molecule has 1 unspecified atom stereocenters. The zero-order chi connectivity index (χ0) is 18.0. The molecule has 1 saturated heterocycles. The third-order valence-electron chi connectivity index (χ3n) is 3.77. The summed E-state index contributed by atoms with van der Waals surface area (Å²) < 4.78 is 52.4. The number of amides is 2. The van der Waals surface area contributed by atoms with Crippen LogP contribution < -0.4 is 5.32 Å². The van der Waals surface area contributed by atoms with Crippen LogP contribution in [0, 0.1) is 5.82 Å². The number of urea groups is 1. The van der Waals surface area contributed by atoms with Crippen LogP contribution in [0.4, 0.5) is 28.0 Å². The molecule has 1 aliphatic heterocycles. The highest BCUT2D eigenvalue weighted by Crippen LogP contribution is 2.40. The molecule has 2 aromatic rings. The Balaban J connectivity index is 1.81. The number of benzene rings is 2. The van der Waals surface area contributed by atoms with Gasteiger partial charge in [0.2, 0.25) is 0 Å². The lowest BCUT2D eigenvalue weighted by Crippen LogP contribution is -2.34. The van der Waals surface area contributed by atoms with Gasteiger partial charge in [0.15, 0.2) is 0 Å². The van der Waals surface area contributed by atoms with Crippen LogP contribution >= 0.6 is 11.8 Å². The van der Waals surface area contributed by atoms with E-state index in [1.54, 1.807) is 12.1 Å². The average Bonchev–Trinajstić information content (AvgIpc) is 3.06. The Morgan fingerprint density at radius 3 is 2.64 bits per heavy atom. The van der Waals surface area contributed by atoms with Crippen LogP contribution in [0.3, 0.4) is 0 Å². The van der Waals surface area contributed by atoms with Gasteiger partial charge in [-0.25, -0.2) is 9.18 Å². The van der Waals surface area contributed by atoms with Crippen molar-refractivity contribution in [2.45, 2.75) is 11.6 Å². The fourth-order valence-electron chi connectivity index (χ4n) is 2.57. The zero-order valence-corrected chi connectivity index (χ0v) is 13.7. The highest BCUT2D eigenvalue weighted by atomic mass is 32.2. The number of hydrogen-bond donors (Lipinski definition) is 1. The van der Waals surface area contributed by atoms with Crippen molar-refractivity contribution in [1.29, 1.82) is 0 Å². The average molecular weight is 370 g/mol. The van der Waals surface area contributed by atoms with Gasteiger partial charge in [0.05, 0.1) is 11.3 Å². The van der Waals surface area contributed by atoms with Gasteiger partial charge in [-0.1, -0.05) is 24.3 Å². The van der Waals surface area contributed by atoms with Crippen molar-refractivity contribution in [1.82, 2.24) is 4.90 Å². The quantitative estimate of drug-likeness (QED) is 0.744. The Labute approximate surface area is 146 Å². The number of para-hydroxylation sites is 1. The maximum Gasteiger partial charge on any atom is 0.416 e. The molecule has 0 bridgehead atoms. The van der Waals surface area contributed by atoms with E-state index >= 15 is 0 Å². The fraction of sp³-hybridized carbons (Fsp3) is 0.235. The number of rotatable bonds is 2. The summed E-state index contributed by atoms with van der Waals surface area (Å²) in [4.78, 5) is 13.9. The van der Waals surface area contributed by atoms with Gasteiger partial charge in [0.1, 0.15) is 11.2 Å². The van der Waals surface area contributed by atoms with Crippen molar-refractivity contribution < 1.29 is 22.4 Å². The van der Waals surface area contributed by atoms with Crippen LogP contribution in [0.15, 0.2) is 48.5 Å². The Kier molecular flexibility index (Phi) is 4.89. The normalized spacial score (nSPS) is 17.6. The van der Waals surface area contributed by atoms with Gasteiger partial charge in [-0.15, -0.1) is 11.8 Å². The minimum atomic E-state index is -4.44. The molecule has 2 aromatic carbocycles. The Bertz CT molecular complexity index is 781.